The summed E-state index contributed by atoms with van der Waals surface area (Å²) in [4.78, 5) is 12.0. The van der Waals surface area contributed by atoms with E-state index in [9.17, 15) is 4.79 Å². The summed E-state index contributed by atoms with van der Waals surface area (Å²) in [7, 11) is 0. The van der Waals surface area contributed by atoms with Gasteiger partial charge in [0.15, 0.2) is 11.5 Å². The number of hydrogen-bond acceptors (Lipinski definition) is 4. The lowest BCUT2D eigenvalue weighted by atomic mass is 10.1. The van der Waals surface area contributed by atoms with Crippen LogP contribution in [-0.2, 0) is 17.9 Å². The van der Waals surface area contributed by atoms with Gasteiger partial charge < -0.3 is 20.1 Å². The van der Waals surface area contributed by atoms with Crippen molar-refractivity contribution in [1.82, 2.24) is 0 Å². The molecule has 2 N–H and O–H groups in total. The minimum Gasteiger partial charge on any atom is -0.490 e. The molecule has 3 rings (SSSR count). The fourth-order valence-electron chi connectivity index (χ4n) is 3.05. The Balaban J connectivity index is 1.70. The van der Waals surface area contributed by atoms with Crippen LogP contribution in [0.1, 0.15) is 31.9 Å². The Hall–Kier alpha value is -2.99. The normalized spacial score (nSPS) is 10.7. The Kier molecular flexibility index (Phi) is 8.56. The molecule has 0 radical (unpaired) electrons. The van der Waals surface area contributed by atoms with Crippen LogP contribution < -0.4 is 20.1 Å². The Morgan fingerprint density at radius 3 is 2.41 bits per heavy atom. The Labute approximate surface area is 198 Å². The molecule has 0 saturated heterocycles. The first kappa shape index (κ1) is 23.7. The van der Waals surface area contributed by atoms with E-state index in [-0.39, 0.29) is 11.8 Å². The molecule has 0 aromatic heterocycles. The molecule has 0 aliphatic rings. The molecule has 3 aromatic rings. The van der Waals surface area contributed by atoms with Gasteiger partial charge in [-0.15, -0.1) is 0 Å². The second-order valence-electron chi connectivity index (χ2n) is 7.69. The standard InChI is InChI=1S/C26H29BrN2O3/c1-4-31-24-14-20(13-23(27)25(24)32-17-19-9-6-5-7-10-19)16-28-21-11-8-12-22(15-21)29-26(30)18(2)3/h5-15,18,28H,4,16-17H2,1-3H3,(H,29,30). The van der Waals surface area contributed by atoms with Gasteiger partial charge >= 0.3 is 0 Å². The molecule has 6 heteroatoms. The molecule has 0 spiro atoms. The zero-order valence-electron chi connectivity index (χ0n) is 18.7. The van der Waals surface area contributed by atoms with E-state index in [1.165, 1.54) is 0 Å². The molecule has 3 aromatic carbocycles. The first-order chi connectivity index (χ1) is 15.5. The van der Waals surface area contributed by atoms with E-state index in [1.54, 1.807) is 0 Å². The van der Waals surface area contributed by atoms with E-state index in [1.807, 2.05) is 87.5 Å². The van der Waals surface area contributed by atoms with Crippen LogP contribution in [0.3, 0.4) is 0 Å². The summed E-state index contributed by atoms with van der Waals surface area (Å²) >= 11 is 3.64. The molecule has 0 bridgehead atoms. The number of anilines is 2. The lowest BCUT2D eigenvalue weighted by molar-refractivity contribution is -0.118. The minimum absolute atomic E-state index is 0.00136. The summed E-state index contributed by atoms with van der Waals surface area (Å²) in [5.41, 5.74) is 3.83. The second-order valence-corrected chi connectivity index (χ2v) is 8.54. The number of carbonyl (C=O) groups excluding carboxylic acids is 1. The molecule has 0 atom stereocenters. The maximum atomic E-state index is 12.0. The lowest BCUT2D eigenvalue weighted by Crippen LogP contribution is -2.17. The average Bonchev–Trinajstić information content (AvgIpc) is 2.78. The van der Waals surface area contributed by atoms with Crippen LogP contribution in [0.25, 0.3) is 0 Å². The quantitative estimate of drug-likeness (QED) is 0.330. The highest BCUT2D eigenvalue weighted by molar-refractivity contribution is 9.10. The van der Waals surface area contributed by atoms with Crippen LogP contribution >= 0.6 is 15.9 Å². The van der Waals surface area contributed by atoms with Crippen molar-refractivity contribution in [1.29, 1.82) is 0 Å². The summed E-state index contributed by atoms with van der Waals surface area (Å²) < 4.78 is 12.8. The van der Waals surface area contributed by atoms with Crippen molar-refractivity contribution in [3.8, 4) is 11.5 Å². The molecule has 0 heterocycles. The van der Waals surface area contributed by atoms with Crippen LogP contribution in [0.5, 0.6) is 11.5 Å². The van der Waals surface area contributed by atoms with Crippen molar-refractivity contribution < 1.29 is 14.3 Å². The lowest BCUT2D eigenvalue weighted by Gasteiger charge is -2.16. The molecule has 5 nitrogen and oxygen atoms in total. The summed E-state index contributed by atoms with van der Waals surface area (Å²) in [5.74, 6) is 1.33. The summed E-state index contributed by atoms with van der Waals surface area (Å²) in [6.45, 7) is 7.31. The SMILES string of the molecule is CCOc1cc(CNc2cccc(NC(=O)C(C)C)c2)cc(Br)c1OCc1ccccc1. The first-order valence-electron chi connectivity index (χ1n) is 10.7. The van der Waals surface area contributed by atoms with E-state index in [0.29, 0.717) is 31.3 Å². The van der Waals surface area contributed by atoms with Crippen molar-refractivity contribution in [2.75, 3.05) is 17.2 Å². The predicted octanol–water partition coefficient (Wildman–Crippen LogP) is 6.63. The van der Waals surface area contributed by atoms with Crippen molar-refractivity contribution in [3.63, 3.8) is 0 Å². The van der Waals surface area contributed by atoms with Gasteiger partial charge in [0, 0.05) is 23.8 Å². The zero-order valence-corrected chi connectivity index (χ0v) is 20.2. The van der Waals surface area contributed by atoms with Crippen LogP contribution in [-0.4, -0.2) is 12.5 Å². The largest absolute Gasteiger partial charge is 0.490 e. The molecule has 0 saturated carbocycles. The van der Waals surface area contributed by atoms with Crippen molar-refractivity contribution in [3.05, 3.63) is 82.3 Å². The highest BCUT2D eigenvalue weighted by atomic mass is 79.9. The van der Waals surface area contributed by atoms with Gasteiger partial charge in [-0.2, -0.15) is 0 Å². The van der Waals surface area contributed by atoms with Crippen LogP contribution in [0.4, 0.5) is 11.4 Å². The van der Waals surface area contributed by atoms with E-state index in [2.05, 4.69) is 26.6 Å². The number of nitrogens with one attached hydrogen (secondary N) is 2. The highest BCUT2D eigenvalue weighted by Crippen LogP contribution is 2.37. The number of hydrogen-bond donors (Lipinski definition) is 2. The third-order valence-electron chi connectivity index (χ3n) is 4.75. The van der Waals surface area contributed by atoms with Gasteiger partial charge in [-0.05, 0) is 64.3 Å². The first-order valence-corrected chi connectivity index (χ1v) is 11.5. The highest BCUT2D eigenvalue weighted by Gasteiger charge is 2.13. The van der Waals surface area contributed by atoms with Crippen molar-refractivity contribution in [2.24, 2.45) is 5.92 Å². The smallest absolute Gasteiger partial charge is 0.226 e. The van der Waals surface area contributed by atoms with Gasteiger partial charge in [0.25, 0.3) is 0 Å². The third kappa shape index (κ3) is 6.76. The summed E-state index contributed by atoms with van der Waals surface area (Å²) in [6, 6.07) is 21.8. The minimum atomic E-state index is -0.0661. The zero-order chi connectivity index (χ0) is 22.9. The third-order valence-corrected chi connectivity index (χ3v) is 5.34. The van der Waals surface area contributed by atoms with Gasteiger partial charge in [0.1, 0.15) is 6.61 Å². The van der Waals surface area contributed by atoms with E-state index in [0.717, 1.165) is 27.0 Å². The maximum Gasteiger partial charge on any atom is 0.226 e. The number of halogens is 1. The van der Waals surface area contributed by atoms with Crippen LogP contribution in [0, 0.1) is 5.92 Å². The van der Waals surface area contributed by atoms with Crippen LogP contribution in [0.15, 0.2) is 71.2 Å². The molecule has 168 valence electrons. The monoisotopic (exact) mass is 496 g/mol. The molecule has 0 aliphatic heterocycles. The molecule has 0 fully saturated rings. The fourth-order valence-corrected chi connectivity index (χ4v) is 3.66. The van der Waals surface area contributed by atoms with Gasteiger partial charge in [-0.3, -0.25) is 4.79 Å². The second kappa shape index (κ2) is 11.6. The summed E-state index contributed by atoms with van der Waals surface area (Å²) in [5, 5.41) is 6.34. The molecular weight excluding hydrogens is 468 g/mol. The van der Waals surface area contributed by atoms with E-state index in [4.69, 9.17) is 9.47 Å². The molecular formula is C26H29BrN2O3. The summed E-state index contributed by atoms with van der Waals surface area (Å²) in [6.07, 6.45) is 0. The number of benzene rings is 3. The topological polar surface area (TPSA) is 59.6 Å². The van der Waals surface area contributed by atoms with Crippen molar-refractivity contribution in [2.45, 2.75) is 33.9 Å². The Morgan fingerprint density at radius 1 is 0.938 bits per heavy atom. The van der Waals surface area contributed by atoms with Gasteiger partial charge in [0.05, 0.1) is 11.1 Å². The Morgan fingerprint density at radius 2 is 1.69 bits per heavy atom. The van der Waals surface area contributed by atoms with Gasteiger partial charge in [-0.1, -0.05) is 50.2 Å². The predicted molar refractivity (Wildman–Crippen MR) is 133 cm³/mol. The fraction of sp³-hybridized carbons (Fsp3) is 0.269. The van der Waals surface area contributed by atoms with Gasteiger partial charge in [0.2, 0.25) is 5.91 Å². The number of amides is 1. The number of rotatable bonds is 10. The maximum absolute atomic E-state index is 12.0. The molecule has 0 unspecified atom stereocenters. The van der Waals surface area contributed by atoms with E-state index >= 15 is 0 Å². The molecule has 0 aliphatic carbocycles. The van der Waals surface area contributed by atoms with Crippen molar-refractivity contribution >= 4 is 33.2 Å². The van der Waals surface area contributed by atoms with Gasteiger partial charge in [-0.25, -0.2) is 0 Å². The van der Waals surface area contributed by atoms with Crippen LogP contribution in [0.2, 0.25) is 0 Å². The Bertz CT molecular complexity index is 1040. The average molecular weight is 497 g/mol. The molecule has 1 amide bonds. The number of carbonyl (C=O) groups is 1. The van der Waals surface area contributed by atoms with E-state index < -0.39 is 0 Å². The number of ether oxygens (including phenoxy) is 2. The molecule has 32 heavy (non-hydrogen) atoms.